The second kappa shape index (κ2) is 5.34. The molecule has 0 fully saturated rings. The summed E-state index contributed by atoms with van der Waals surface area (Å²) < 4.78 is 14.5. The summed E-state index contributed by atoms with van der Waals surface area (Å²) in [6.45, 7) is 0. The van der Waals surface area contributed by atoms with Gasteiger partial charge in [-0.05, 0) is 51.6 Å². The number of fused-ring (bicyclic) bond motifs is 1. The van der Waals surface area contributed by atoms with Crippen molar-refractivity contribution in [2.45, 2.75) is 0 Å². The smallest absolute Gasteiger partial charge is 0.265 e. The molecule has 0 atom stereocenters. The van der Waals surface area contributed by atoms with Crippen molar-refractivity contribution in [2.24, 2.45) is 0 Å². The highest BCUT2D eigenvalue weighted by Gasteiger charge is 2.11. The molecule has 1 N–H and O–H groups in total. The number of carbonyl (C=O) groups is 1. The minimum absolute atomic E-state index is 0.190. The highest BCUT2D eigenvalue weighted by atomic mass is 79.9. The first-order chi connectivity index (χ1) is 9.63. The van der Waals surface area contributed by atoms with Gasteiger partial charge in [0.05, 0.1) is 9.35 Å². The van der Waals surface area contributed by atoms with Gasteiger partial charge in [0.15, 0.2) is 0 Å². The lowest BCUT2D eigenvalue weighted by atomic mass is 10.2. The minimum atomic E-state index is -0.357. The summed E-state index contributed by atoms with van der Waals surface area (Å²) in [4.78, 5) is 12.8. The second-order valence-corrected chi connectivity index (χ2v) is 6.17. The molecule has 3 rings (SSSR count). The molecule has 0 unspecified atom stereocenters. The van der Waals surface area contributed by atoms with E-state index in [1.165, 1.54) is 23.5 Å². The minimum Gasteiger partial charge on any atom is -0.321 e. The van der Waals surface area contributed by atoms with E-state index in [9.17, 15) is 9.18 Å². The Morgan fingerprint density at radius 3 is 2.70 bits per heavy atom. The van der Waals surface area contributed by atoms with Gasteiger partial charge in [0.2, 0.25) is 0 Å². The van der Waals surface area contributed by atoms with Crippen molar-refractivity contribution >= 4 is 48.9 Å². The van der Waals surface area contributed by atoms with Gasteiger partial charge >= 0.3 is 0 Å². The molecule has 1 heterocycles. The molecule has 3 aromatic rings. The Morgan fingerprint density at radius 1 is 1.15 bits per heavy atom. The third kappa shape index (κ3) is 2.59. The van der Waals surface area contributed by atoms with Gasteiger partial charge in [-0.15, -0.1) is 11.3 Å². The van der Waals surface area contributed by atoms with Crippen LogP contribution < -0.4 is 5.32 Å². The quantitative estimate of drug-likeness (QED) is 0.688. The maximum absolute atomic E-state index is 13.1. The lowest BCUT2D eigenvalue weighted by Gasteiger charge is -2.04. The first-order valence-corrected chi connectivity index (χ1v) is 7.49. The number of nitrogens with one attached hydrogen (secondary N) is 1. The summed E-state index contributed by atoms with van der Waals surface area (Å²) in [5.41, 5.74) is 0.556. The van der Waals surface area contributed by atoms with Crippen LogP contribution in [0.3, 0.4) is 0 Å². The van der Waals surface area contributed by atoms with E-state index in [2.05, 4.69) is 21.2 Å². The van der Waals surface area contributed by atoms with E-state index < -0.39 is 0 Å². The number of amides is 1. The van der Waals surface area contributed by atoms with Gasteiger partial charge in [-0.25, -0.2) is 4.39 Å². The Labute approximate surface area is 127 Å². The number of benzene rings is 2. The molecule has 2 nitrogen and oxygen atoms in total. The second-order valence-electron chi connectivity index (χ2n) is 4.23. The van der Waals surface area contributed by atoms with Crippen molar-refractivity contribution in [2.75, 3.05) is 5.32 Å². The van der Waals surface area contributed by atoms with Crippen LogP contribution in [0.5, 0.6) is 0 Å². The average molecular weight is 350 g/mol. The molecule has 0 saturated carbocycles. The van der Waals surface area contributed by atoms with Gasteiger partial charge in [0.25, 0.3) is 5.91 Å². The third-order valence-corrected chi connectivity index (χ3v) is 4.55. The standard InChI is InChI=1S/C15H9BrFNOS/c16-11-8-10(5-6-12(11)17)18-15(19)14-7-9-3-1-2-4-13(9)20-14/h1-8H,(H,18,19). The SMILES string of the molecule is O=C(Nc1ccc(F)c(Br)c1)c1cc2ccccc2s1. The number of anilines is 1. The van der Waals surface area contributed by atoms with E-state index in [1.807, 2.05) is 30.3 Å². The molecule has 0 aliphatic carbocycles. The zero-order valence-corrected chi connectivity index (χ0v) is 12.6. The third-order valence-electron chi connectivity index (χ3n) is 2.83. The van der Waals surface area contributed by atoms with E-state index in [-0.39, 0.29) is 11.7 Å². The van der Waals surface area contributed by atoms with Crippen molar-refractivity contribution in [1.82, 2.24) is 0 Å². The number of hydrogen-bond acceptors (Lipinski definition) is 2. The van der Waals surface area contributed by atoms with E-state index in [1.54, 1.807) is 6.07 Å². The summed E-state index contributed by atoms with van der Waals surface area (Å²) in [5.74, 6) is -0.547. The van der Waals surface area contributed by atoms with Crippen LogP contribution in [-0.4, -0.2) is 5.91 Å². The van der Waals surface area contributed by atoms with Crippen LogP contribution >= 0.6 is 27.3 Å². The van der Waals surface area contributed by atoms with Gasteiger partial charge in [0.1, 0.15) is 5.82 Å². The van der Waals surface area contributed by atoms with Crippen molar-refractivity contribution in [3.63, 3.8) is 0 Å². The molecule has 1 amide bonds. The highest BCUT2D eigenvalue weighted by Crippen LogP contribution is 2.26. The highest BCUT2D eigenvalue weighted by molar-refractivity contribution is 9.10. The largest absolute Gasteiger partial charge is 0.321 e. The predicted octanol–water partition coefficient (Wildman–Crippen LogP) is 5.06. The van der Waals surface area contributed by atoms with Crippen molar-refractivity contribution in [1.29, 1.82) is 0 Å². The van der Waals surface area contributed by atoms with Crippen LogP contribution in [0.25, 0.3) is 10.1 Å². The van der Waals surface area contributed by atoms with Gasteiger partial charge in [0, 0.05) is 10.4 Å². The van der Waals surface area contributed by atoms with Crippen LogP contribution in [0.2, 0.25) is 0 Å². The fraction of sp³-hybridized carbons (Fsp3) is 0. The number of hydrogen-bond donors (Lipinski definition) is 1. The number of carbonyl (C=O) groups excluding carboxylic acids is 1. The normalized spacial score (nSPS) is 10.7. The van der Waals surface area contributed by atoms with E-state index in [0.717, 1.165) is 10.1 Å². The molecule has 0 aliphatic heterocycles. The topological polar surface area (TPSA) is 29.1 Å². The average Bonchev–Trinajstić information content (AvgIpc) is 2.87. The number of halogens is 2. The maximum Gasteiger partial charge on any atom is 0.265 e. The molecule has 0 aliphatic rings. The molecule has 2 aromatic carbocycles. The first-order valence-electron chi connectivity index (χ1n) is 5.88. The van der Waals surface area contributed by atoms with E-state index in [4.69, 9.17) is 0 Å². The Bertz CT molecular complexity index is 766. The van der Waals surface area contributed by atoms with Crippen molar-refractivity contribution in [3.8, 4) is 0 Å². The molecule has 0 radical (unpaired) electrons. The van der Waals surface area contributed by atoms with Crippen LogP contribution in [-0.2, 0) is 0 Å². The first kappa shape index (κ1) is 13.3. The predicted molar refractivity (Wildman–Crippen MR) is 83.9 cm³/mol. The number of thiophene rings is 1. The lowest BCUT2D eigenvalue weighted by molar-refractivity contribution is 0.103. The molecule has 5 heteroatoms. The molecular formula is C15H9BrFNOS. The lowest BCUT2D eigenvalue weighted by Crippen LogP contribution is -2.10. The monoisotopic (exact) mass is 349 g/mol. The van der Waals surface area contributed by atoms with Gasteiger partial charge in [-0.2, -0.15) is 0 Å². The molecule has 0 spiro atoms. The van der Waals surface area contributed by atoms with Crippen LogP contribution in [0.1, 0.15) is 9.67 Å². The van der Waals surface area contributed by atoms with Gasteiger partial charge in [-0.1, -0.05) is 18.2 Å². The fourth-order valence-corrected chi connectivity index (χ4v) is 3.20. The van der Waals surface area contributed by atoms with Gasteiger partial charge < -0.3 is 5.32 Å². The van der Waals surface area contributed by atoms with Crippen molar-refractivity contribution < 1.29 is 9.18 Å². The summed E-state index contributed by atoms with van der Waals surface area (Å²) >= 11 is 4.53. The maximum atomic E-state index is 13.1. The van der Waals surface area contributed by atoms with Crippen LogP contribution in [0.4, 0.5) is 10.1 Å². The molecular weight excluding hydrogens is 341 g/mol. The fourth-order valence-electron chi connectivity index (χ4n) is 1.86. The zero-order chi connectivity index (χ0) is 14.1. The number of rotatable bonds is 2. The van der Waals surface area contributed by atoms with Gasteiger partial charge in [-0.3, -0.25) is 4.79 Å². The zero-order valence-electron chi connectivity index (χ0n) is 10.2. The molecule has 0 saturated heterocycles. The Morgan fingerprint density at radius 2 is 1.95 bits per heavy atom. The molecule has 1 aromatic heterocycles. The van der Waals surface area contributed by atoms with Crippen LogP contribution in [0.15, 0.2) is 53.0 Å². The Balaban J connectivity index is 1.86. The van der Waals surface area contributed by atoms with Crippen molar-refractivity contribution in [3.05, 3.63) is 63.7 Å². The van der Waals surface area contributed by atoms with Crippen LogP contribution in [0, 0.1) is 5.82 Å². The van der Waals surface area contributed by atoms with E-state index >= 15 is 0 Å². The Hall–Kier alpha value is -1.72. The molecule has 100 valence electrons. The molecule has 20 heavy (non-hydrogen) atoms. The molecule has 0 bridgehead atoms. The summed E-state index contributed by atoms with van der Waals surface area (Å²) in [7, 11) is 0. The summed E-state index contributed by atoms with van der Waals surface area (Å²) in [5, 5.41) is 3.81. The summed E-state index contributed by atoms with van der Waals surface area (Å²) in [6, 6.07) is 14.1. The van der Waals surface area contributed by atoms with E-state index in [0.29, 0.717) is 15.0 Å². The summed E-state index contributed by atoms with van der Waals surface area (Å²) in [6.07, 6.45) is 0. The Kier molecular flexibility index (Phi) is 3.54.